The molecule has 0 spiro atoms. The van der Waals surface area contributed by atoms with Crippen molar-refractivity contribution in [1.29, 1.82) is 0 Å². The lowest BCUT2D eigenvalue weighted by Crippen LogP contribution is -2.08. The van der Waals surface area contributed by atoms with Crippen LogP contribution in [0, 0.1) is 6.92 Å². The fourth-order valence-corrected chi connectivity index (χ4v) is 2.04. The number of anilines is 2. The summed E-state index contributed by atoms with van der Waals surface area (Å²) in [7, 11) is 1.85. The van der Waals surface area contributed by atoms with E-state index in [-0.39, 0.29) is 0 Å². The van der Waals surface area contributed by atoms with E-state index >= 15 is 0 Å². The van der Waals surface area contributed by atoms with E-state index in [0.717, 1.165) is 28.5 Å². The normalized spacial score (nSPS) is 10.7. The van der Waals surface area contributed by atoms with Crippen LogP contribution in [0.3, 0.4) is 0 Å². The number of aryl methyl sites for hydroxylation is 1. The summed E-state index contributed by atoms with van der Waals surface area (Å²) in [6, 6.07) is 3.98. The van der Waals surface area contributed by atoms with Crippen LogP contribution < -0.4 is 10.6 Å². The van der Waals surface area contributed by atoms with Crippen molar-refractivity contribution in [2.45, 2.75) is 13.5 Å². The van der Waals surface area contributed by atoms with Gasteiger partial charge >= 0.3 is 0 Å². The van der Waals surface area contributed by atoms with E-state index in [9.17, 15) is 0 Å². The molecule has 0 aliphatic heterocycles. The van der Waals surface area contributed by atoms with Crippen molar-refractivity contribution in [1.82, 2.24) is 19.4 Å². The summed E-state index contributed by atoms with van der Waals surface area (Å²) in [5.74, 6) is 1.53. The Bertz CT molecular complexity index is 733. The van der Waals surface area contributed by atoms with Gasteiger partial charge in [-0.25, -0.2) is 9.97 Å². The van der Waals surface area contributed by atoms with Gasteiger partial charge in [-0.05, 0) is 18.6 Å². The van der Waals surface area contributed by atoms with Gasteiger partial charge in [0.15, 0.2) is 11.5 Å². The van der Waals surface area contributed by atoms with Crippen LogP contribution in [0.1, 0.15) is 11.3 Å². The van der Waals surface area contributed by atoms with Gasteiger partial charge in [0.2, 0.25) is 0 Å². The number of aromatic nitrogens is 4. The molecule has 0 aliphatic rings. The van der Waals surface area contributed by atoms with Crippen LogP contribution >= 0.6 is 0 Å². The summed E-state index contributed by atoms with van der Waals surface area (Å²) in [5, 5.41) is 6.35. The van der Waals surface area contributed by atoms with Gasteiger partial charge in [-0.15, -0.1) is 0 Å². The standard InChI is InChI=1S/C14H16N6/c1-10-4-3-5-16-11(10)8-18-13-14-17-6-7-20(14)9-12(15-2)19-13/h3-7,9,15H,8H2,1-2H3,(H,18,19). The Morgan fingerprint density at radius 1 is 1.25 bits per heavy atom. The first-order chi connectivity index (χ1) is 9.78. The van der Waals surface area contributed by atoms with Gasteiger partial charge in [0.25, 0.3) is 0 Å². The second kappa shape index (κ2) is 5.16. The zero-order valence-electron chi connectivity index (χ0n) is 11.5. The Hall–Kier alpha value is -2.63. The quantitative estimate of drug-likeness (QED) is 0.758. The van der Waals surface area contributed by atoms with Gasteiger partial charge in [0.05, 0.1) is 18.4 Å². The van der Waals surface area contributed by atoms with E-state index in [1.165, 1.54) is 0 Å². The Balaban J connectivity index is 1.90. The predicted octanol–water partition coefficient (Wildman–Crippen LogP) is 2.09. The van der Waals surface area contributed by atoms with Crippen molar-refractivity contribution < 1.29 is 0 Å². The molecule has 3 heterocycles. The van der Waals surface area contributed by atoms with Gasteiger partial charge in [0.1, 0.15) is 5.82 Å². The lowest BCUT2D eigenvalue weighted by Gasteiger charge is -2.10. The zero-order chi connectivity index (χ0) is 13.9. The number of nitrogens with zero attached hydrogens (tertiary/aromatic N) is 4. The van der Waals surface area contributed by atoms with Crippen molar-refractivity contribution in [3.05, 3.63) is 48.2 Å². The van der Waals surface area contributed by atoms with E-state index in [4.69, 9.17) is 0 Å². The summed E-state index contributed by atoms with van der Waals surface area (Å²) in [4.78, 5) is 13.2. The Labute approximate surface area is 116 Å². The van der Waals surface area contributed by atoms with Crippen molar-refractivity contribution in [2.75, 3.05) is 17.7 Å². The molecule has 3 aromatic heterocycles. The average Bonchev–Trinajstić information content (AvgIpc) is 2.94. The number of hydrogen-bond acceptors (Lipinski definition) is 5. The molecule has 0 radical (unpaired) electrons. The van der Waals surface area contributed by atoms with Crippen LogP contribution in [-0.4, -0.2) is 26.4 Å². The van der Waals surface area contributed by atoms with E-state index in [0.29, 0.717) is 6.54 Å². The Kier molecular flexibility index (Phi) is 3.20. The Morgan fingerprint density at radius 3 is 2.95 bits per heavy atom. The molecule has 0 fully saturated rings. The molecule has 2 N–H and O–H groups in total. The fourth-order valence-electron chi connectivity index (χ4n) is 2.04. The lowest BCUT2D eigenvalue weighted by atomic mass is 10.2. The molecule has 6 nitrogen and oxygen atoms in total. The van der Waals surface area contributed by atoms with E-state index in [1.54, 1.807) is 12.4 Å². The molecule has 3 aromatic rings. The first-order valence-electron chi connectivity index (χ1n) is 6.44. The number of pyridine rings is 1. The highest BCUT2D eigenvalue weighted by molar-refractivity contribution is 5.65. The number of fused-ring (bicyclic) bond motifs is 1. The molecule has 0 unspecified atom stereocenters. The maximum Gasteiger partial charge on any atom is 0.180 e. The molecule has 0 aliphatic carbocycles. The molecular formula is C14H16N6. The minimum atomic E-state index is 0.620. The average molecular weight is 268 g/mol. The molecule has 0 aromatic carbocycles. The highest BCUT2D eigenvalue weighted by Crippen LogP contribution is 2.17. The number of nitrogens with one attached hydrogen (secondary N) is 2. The maximum absolute atomic E-state index is 4.50. The summed E-state index contributed by atoms with van der Waals surface area (Å²) in [6.45, 7) is 2.67. The molecule has 6 heteroatoms. The fraction of sp³-hybridized carbons (Fsp3) is 0.214. The third kappa shape index (κ3) is 2.27. The van der Waals surface area contributed by atoms with Crippen molar-refractivity contribution in [2.24, 2.45) is 0 Å². The predicted molar refractivity (Wildman–Crippen MR) is 78.8 cm³/mol. The third-order valence-electron chi connectivity index (χ3n) is 3.17. The van der Waals surface area contributed by atoms with Gasteiger partial charge in [-0.3, -0.25) is 4.98 Å². The summed E-state index contributed by atoms with van der Waals surface area (Å²) in [6.07, 6.45) is 7.36. The first-order valence-corrected chi connectivity index (χ1v) is 6.44. The smallest absolute Gasteiger partial charge is 0.180 e. The molecule has 3 rings (SSSR count). The SMILES string of the molecule is CNc1cn2ccnc2c(NCc2ncccc2C)n1. The van der Waals surface area contributed by atoms with Gasteiger partial charge in [0, 0.05) is 25.6 Å². The highest BCUT2D eigenvalue weighted by atomic mass is 15.1. The minimum absolute atomic E-state index is 0.620. The van der Waals surface area contributed by atoms with Gasteiger partial charge < -0.3 is 15.0 Å². The number of hydrogen-bond donors (Lipinski definition) is 2. The Morgan fingerprint density at radius 2 is 2.15 bits per heavy atom. The molecule has 0 amide bonds. The molecule has 102 valence electrons. The summed E-state index contributed by atoms with van der Waals surface area (Å²) >= 11 is 0. The number of imidazole rings is 1. The maximum atomic E-state index is 4.50. The second-order valence-electron chi connectivity index (χ2n) is 4.50. The van der Waals surface area contributed by atoms with Crippen LogP contribution in [0.2, 0.25) is 0 Å². The molecule has 0 saturated carbocycles. The van der Waals surface area contributed by atoms with E-state index in [2.05, 4.69) is 25.6 Å². The zero-order valence-corrected chi connectivity index (χ0v) is 11.5. The summed E-state index contributed by atoms with van der Waals surface area (Å²) < 4.78 is 1.94. The van der Waals surface area contributed by atoms with Crippen molar-refractivity contribution in [3.8, 4) is 0 Å². The van der Waals surface area contributed by atoms with Crippen molar-refractivity contribution in [3.63, 3.8) is 0 Å². The van der Waals surface area contributed by atoms with Gasteiger partial charge in [-0.1, -0.05) is 6.07 Å². The van der Waals surface area contributed by atoms with E-state index in [1.807, 2.05) is 42.9 Å². The van der Waals surface area contributed by atoms with Crippen LogP contribution in [-0.2, 0) is 6.54 Å². The van der Waals surface area contributed by atoms with E-state index < -0.39 is 0 Å². The molecule has 20 heavy (non-hydrogen) atoms. The second-order valence-corrected chi connectivity index (χ2v) is 4.50. The van der Waals surface area contributed by atoms with Crippen LogP contribution in [0.5, 0.6) is 0 Å². The molecule has 0 saturated heterocycles. The highest BCUT2D eigenvalue weighted by Gasteiger charge is 2.07. The monoisotopic (exact) mass is 268 g/mol. The number of rotatable bonds is 4. The first kappa shape index (κ1) is 12.4. The minimum Gasteiger partial charge on any atom is -0.372 e. The summed E-state index contributed by atoms with van der Waals surface area (Å²) in [5.41, 5.74) is 2.97. The van der Waals surface area contributed by atoms with Crippen LogP contribution in [0.15, 0.2) is 36.9 Å². The van der Waals surface area contributed by atoms with Crippen LogP contribution in [0.25, 0.3) is 5.65 Å². The van der Waals surface area contributed by atoms with Gasteiger partial charge in [-0.2, -0.15) is 0 Å². The largest absolute Gasteiger partial charge is 0.372 e. The third-order valence-corrected chi connectivity index (χ3v) is 3.17. The molecule has 0 bridgehead atoms. The van der Waals surface area contributed by atoms with Crippen LogP contribution in [0.4, 0.5) is 11.6 Å². The molecular weight excluding hydrogens is 252 g/mol. The molecule has 0 atom stereocenters. The van der Waals surface area contributed by atoms with Crippen molar-refractivity contribution >= 4 is 17.3 Å². The topological polar surface area (TPSA) is 67.1 Å². The lowest BCUT2D eigenvalue weighted by molar-refractivity contribution is 0.998.